The van der Waals surface area contributed by atoms with E-state index in [4.69, 9.17) is 5.73 Å². The number of nitrogens with zero attached hydrogens (tertiary/aromatic N) is 6. The Balaban J connectivity index is 1.54. The fraction of sp³-hybridized carbons (Fsp3) is 0.278. The molecule has 1 aliphatic rings. The van der Waals surface area contributed by atoms with Crippen LogP contribution in [0.5, 0.6) is 0 Å². The Kier molecular flexibility index (Phi) is 3.90. The van der Waals surface area contributed by atoms with Crippen molar-refractivity contribution in [3.05, 3.63) is 47.5 Å². The summed E-state index contributed by atoms with van der Waals surface area (Å²) in [7, 11) is 0. The van der Waals surface area contributed by atoms with Crippen LogP contribution in [0.15, 0.2) is 42.0 Å². The van der Waals surface area contributed by atoms with E-state index in [-0.39, 0.29) is 5.56 Å². The van der Waals surface area contributed by atoms with Crippen LogP contribution in [0.25, 0.3) is 27.8 Å². The molecule has 4 N–H and O–H groups in total. The van der Waals surface area contributed by atoms with Crippen molar-refractivity contribution in [1.29, 1.82) is 0 Å². The normalized spacial score (nSPS) is 15.3. The third-order valence-electron chi connectivity index (χ3n) is 5.09. The summed E-state index contributed by atoms with van der Waals surface area (Å²) in [6.45, 7) is 2.00. The van der Waals surface area contributed by atoms with Crippen LogP contribution in [0.3, 0.4) is 0 Å². The van der Waals surface area contributed by atoms with Gasteiger partial charge in [-0.05, 0) is 32.0 Å². The second-order valence-electron chi connectivity index (χ2n) is 6.83. The molecule has 1 aliphatic heterocycles. The molecule has 1 saturated heterocycles. The standard InChI is InChI=1S/C18H19N9O/c19-16-14(11-7-24-26(8-11)12-1-4-20-5-2-12)9-27(25-16)17-15-13(3-6-21-17)18(28)23-10-22-15/h3,6-10,12,20H,1-2,4-5H2,(H2,19,25)(H,22,23,28). The highest BCUT2D eigenvalue weighted by molar-refractivity contribution is 5.84. The van der Waals surface area contributed by atoms with Gasteiger partial charge in [-0.1, -0.05) is 0 Å². The molecule has 0 aliphatic carbocycles. The zero-order valence-corrected chi connectivity index (χ0v) is 15.0. The molecule has 0 unspecified atom stereocenters. The van der Waals surface area contributed by atoms with Crippen LogP contribution in [0.2, 0.25) is 0 Å². The van der Waals surface area contributed by atoms with Crippen molar-refractivity contribution in [1.82, 2.24) is 39.8 Å². The quantitative estimate of drug-likeness (QED) is 0.482. The van der Waals surface area contributed by atoms with Crippen molar-refractivity contribution >= 4 is 16.7 Å². The Morgan fingerprint density at radius 2 is 2.04 bits per heavy atom. The summed E-state index contributed by atoms with van der Waals surface area (Å²) in [5.41, 5.74) is 8.08. The molecular formula is C18H19N9O. The highest BCUT2D eigenvalue weighted by Crippen LogP contribution is 2.28. The van der Waals surface area contributed by atoms with E-state index in [1.807, 2.05) is 10.9 Å². The lowest BCUT2D eigenvalue weighted by Gasteiger charge is -2.22. The van der Waals surface area contributed by atoms with Crippen molar-refractivity contribution in [2.75, 3.05) is 18.8 Å². The van der Waals surface area contributed by atoms with Gasteiger partial charge in [-0.15, -0.1) is 5.10 Å². The van der Waals surface area contributed by atoms with Gasteiger partial charge in [-0.3, -0.25) is 9.48 Å². The number of anilines is 1. The van der Waals surface area contributed by atoms with E-state index in [2.05, 4.69) is 30.5 Å². The summed E-state index contributed by atoms with van der Waals surface area (Å²) in [6.07, 6.45) is 10.6. The number of pyridine rings is 1. The van der Waals surface area contributed by atoms with Crippen LogP contribution in [-0.2, 0) is 0 Å². The van der Waals surface area contributed by atoms with Crippen molar-refractivity contribution in [3.8, 4) is 16.9 Å². The smallest absolute Gasteiger partial charge is 0.258 e. The topological polar surface area (TPSA) is 132 Å². The third kappa shape index (κ3) is 2.74. The summed E-state index contributed by atoms with van der Waals surface area (Å²) in [5.74, 6) is 0.820. The molecule has 4 aromatic rings. The maximum absolute atomic E-state index is 12.0. The van der Waals surface area contributed by atoms with Gasteiger partial charge in [-0.2, -0.15) is 5.10 Å². The van der Waals surface area contributed by atoms with E-state index in [1.54, 1.807) is 29.3 Å². The van der Waals surface area contributed by atoms with Crippen LogP contribution in [-0.4, -0.2) is 47.6 Å². The molecule has 28 heavy (non-hydrogen) atoms. The SMILES string of the molecule is Nc1nn(-c2nccc3c(=O)[nH]cnc23)cc1-c1cnn(C2CCNCC2)c1. The Hall–Kier alpha value is -3.53. The zero-order valence-electron chi connectivity index (χ0n) is 15.0. The summed E-state index contributed by atoms with van der Waals surface area (Å²) < 4.78 is 3.56. The highest BCUT2D eigenvalue weighted by atomic mass is 16.1. The number of hydrogen-bond acceptors (Lipinski definition) is 7. The van der Waals surface area contributed by atoms with Crippen LogP contribution in [0.1, 0.15) is 18.9 Å². The van der Waals surface area contributed by atoms with Gasteiger partial charge in [-0.25, -0.2) is 14.6 Å². The molecule has 0 bridgehead atoms. The van der Waals surface area contributed by atoms with Gasteiger partial charge >= 0.3 is 0 Å². The largest absolute Gasteiger partial charge is 0.382 e. The number of nitrogen functional groups attached to an aromatic ring is 1. The van der Waals surface area contributed by atoms with Gasteiger partial charge in [0.05, 0.1) is 24.0 Å². The number of H-pyrrole nitrogens is 1. The van der Waals surface area contributed by atoms with Gasteiger partial charge in [0.1, 0.15) is 5.52 Å². The number of aromatic nitrogens is 7. The summed E-state index contributed by atoms with van der Waals surface area (Å²) in [5, 5.41) is 12.7. The number of aromatic amines is 1. The first-order valence-corrected chi connectivity index (χ1v) is 9.14. The molecule has 0 spiro atoms. The molecule has 4 aromatic heterocycles. The molecule has 0 atom stereocenters. The summed E-state index contributed by atoms with van der Waals surface area (Å²) >= 11 is 0. The minimum absolute atomic E-state index is 0.225. The number of piperidine rings is 1. The van der Waals surface area contributed by atoms with E-state index in [0.29, 0.717) is 28.6 Å². The molecule has 142 valence electrons. The molecular weight excluding hydrogens is 358 g/mol. The molecule has 1 fully saturated rings. The number of nitrogens with one attached hydrogen (secondary N) is 2. The Morgan fingerprint density at radius 1 is 1.18 bits per heavy atom. The predicted octanol–water partition coefficient (Wildman–Crippen LogP) is 0.874. The average Bonchev–Trinajstić information content (AvgIpc) is 3.35. The molecule has 0 radical (unpaired) electrons. The van der Waals surface area contributed by atoms with Gasteiger partial charge < -0.3 is 16.0 Å². The average molecular weight is 377 g/mol. The highest BCUT2D eigenvalue weighted by Gasteiger charge is 2.19. The first-order chi connectivity index (χ1) is 13.7. The van der Waals surface area contributed by atoms with Gasteiger partial charge in [0, 0.05) is 29.7 Å². The molecule has 5 heterocycles. The van der Waals surface area contributed by atoms with Gasteiger partial charge in [0.15, 0.2) is 11.6 Å². The van der Waals surface area contributed by atoms with Gasteiger partial charge in [0.25, 0.3) is 5.56 Å². The molecule has 10 heteroatoms. The predicted molar refractivity (Wildman–Crippen MR) is 104 cm³/mol. The van der Waals surface area contributed by atoms with Crippen molar-refractivity contribution in [2.24, 2.45) is 0 Å². The molecule has 10 nitrogen and oxygen atoms in total. The second-order valence-corrected chi connectivity index (χ2v) is 6.83. The van der Waals surface area contributed by atoms with E-state index in [1.165, 1.54) is 6.33 Å². The molecule has 0 aromatic carbocycles. The van der Waals surface area contributed by atoms with E-state index >= 15 is 0 Å². The van der Waals surface area contributed by atoms with Crippen LogP contribution < -0.4 is 16.6 Å². The first-order valence-electron chi connectivity index (χ1n) is 9.14. The van der Waals surface area contributed by atoms with Crippen molar-refractivity contribution in [2.45, 2.75) is 18.9 Å². The Morgan fingerprint density at radius 3 is 2.89 bits per heavy atom. The minimum atomic E-state index is -0.225. The van der Waals surface area contributed by atoms with E-state index in [0.717, 1.165) is 37.1 Å². The lowest BCUT2D eigenvalue weighted by molar-refractivity contribution is 0.343. The lowest BCUT2D eigenvalue weighted by atomic mass is 10.1. The van der Waals surface area contributed by atoms with Crippen molar-refractivity contribution in [3.63, 3.8) is 0 Å². The maximum atomic E-state index is 12.0. The summed E-state index contributed by atoms with van der Waals surface area (Å²) in [4.78, 5) is 23.2. The lowest BCUT2D eigenvalue weighted by Crippen LogP contribution is -2.29. The monoisotopic (exact) mass is 377 g/mol. The van der Waals surface area contributed by atoms with Crippen LogP contribution in [0.4, 0.5) is 5.82 Å². The first kappa shape index (κ1) is 16.6. The van der Waals surface area contributed by atoms with Gasteiger partial charge in [0.2, 0.25) is 0 Å². The zero-order chi connectivity index (χ0) is 19.1. The number of hydrogen-bond donors (Lipinski definition) is 3. The van der Waals surface area contributed by atoms with E-state index < -0.39 is 0 Å². The Bertz CT molecular complexity index is 1200. The molecule has 5 rings (SSSR count). The fourth-order valence-electron chi connectivity index (χ4n) is 3.62. The van der Waals surface area contributed by atoms with Crippen LogP contribution >= 0.6 is 0 Å². The minimum Gasteiger partial charge on any atom is -0.382 e. The third-order valence-corrected chi connectivity index (χ3v) is 5.09. The number of rotatable bonds is 3. The fourth-order valence-corrected chi connectivity index (χ4v) is 3.62. The second kappa shape index (κ2) is 6.57. The maximum Gasteiger partial charge on any atom is 0.258 e. The van der Waals surface area contributed by atoms with Crippen LogP contribution in [0, 0.1) is 0 Å². The number of fused-ring (bicyclic) bond motifs is 1. The Labute approximate surface area is 159 Å². The number of nitrogens with two attached hydrogens (primary N) is 1. The van der Waals surface area contributed by atoms with E-state index in [9.17, 15) is 4.79 Å². The van der Waals surface area contributed by atoms with Crippen molar-refractivity contribution < 1.29 is 0 Å². The summed E-state index contributed by atoms with van der Waals surface area (Å²) in [6, 6.07) is 2.02. The molecule has 0 amide bonds. The molecule has 0 saturated carbocycles.